The van der Waals surface area contributed by atoms with Gasteiger partial charge in [-0.15, -0.1) is 0 Å². The second-order valence-corrected chi connectivity index (χ2v) is 6.63. The number of halogens is 1. The van der Waals surface area contributed by atoms with Crippen molar-refractivity contribution in [2.75, 3.05) is 13.2 Å². The highest BCUT2D eigenvalue weighted by Crippen LogP contribution is 2.21. The summed E-state index contributed by atoms with van der Waals surface area (Å²) in [4.78, 5) is 16.7. The first kappa shape index (κ1) is 16.7. The minimum atomic E-state index is -0.656. The lowest BCUT2D eigenvalue weighted by molar-refractivity contribution is 0.0915. The van der Waals surface area contributed by atoms with Gasteiger partial charge in [-0.1, -0.05) is 11.2 Å². The molecule has 136 valence electrons. The van der Waals surface area contributed by atoms with Crippen LogP contribution in [-0.2, 0) is 11.2 Å². The fourth-order valence-electron chi connectivity index (χ4n) is 3.32. The van der Waals surface area contributed by atoms with Gasteiger partial charge in [-0.3, -0.25) is 9.20 Å². The molecule has 2 unspecified atom stereocenters. The molecule has 4 rings (SSSR count). The average Bonchev–Trinajstić information content (AvgIpc) is 3.29. The van der Waals surface area contributed by atoms with Gasteiger partial charge in [0.25, 0.3) is 5.91 Å². The van der Waals surface area contributed by atoms with E-state index in [1.54, 1.807) is 25.1 Å². The van der Waals surface area contributed by atoms with Gasteiger partial charge in [-0.2, -0.15) is 4.39 Å². The number of rotatable bonds is 4. The molecule has 4 heterocycles. The van der Waals surface area contributed by atoms with E-state index in [9.17, 15) is 9.18 Å². The number of nitrogens with zero attached hydrogens (tertiary/aromatic N) is 3. The maximum Gasteiger partial charge on any atom is 0.274 e. The van der Waals surface area contributed by atoms with Gasteiger partial charge < -0.3 is 14.6 Å². The van der Waals surface area contributed by atoms with Crippen LogP contribution in [0, 0.1) is 25.7 Å². The second-order valence-electron chi connectivity index (χ2n) is 6.63. The molecule has 26 heavy (non-hydrogen) atoms. The molecule has 1 aliphatic rings. The number of aromatic nitrogens is 3. The number of amides is 1. The van der Waals surface area contributed by atoms with E-state index >= 15 is 0 Å². The molecule has 3 aromatic rings. The van der Waals surface area contributed by atoms with Crippen molar-refractivity contribution < 1.29 is 18.4 Å². The Balaban J connectivity index is 1.52. The molecular formula is C18H19FN4O3. The normalized spacial score (nSPS) is 20.0. The van der Waals surface area contributed by atoms with Crippen LogP contribution in [0.15, 0.2) is 28.8 Å². The number of pyridine rings is 1. The van der Waals surface area contributed by atoms with Crippen LogP contribution in [0.25, 0.3) is 5.65 Å². The smallest absolute Gasteiger partial charge is 0.274 e. The largest absolute Gasteiger partial charge is 0.379 e. The summed E-state index contributed by atoms with van der Waals surface area (Å²) in [5.41, 5.74) is 1.68. The predicted molar refractivity (Wildman–Crippen MR) is 90.4 cm³/mol. The Labute approximate surface area is 149 Å². The molecule has 0 saturated carbocycles. The summed E-state index contributed by atoms with van der Waals surface area (Å²) in [7, 11) is 0. The zero-order valence-electron chi connectivity index (χ0n) is 14.5. The minimum Gasteiger partial charge on any atom is -0.379 e. The van der Waals surface area contributed by atoms with Crippen molar-refractivity contribution in [2.45, 2.75) is 26.3 Å². The third kappa shape index (κ3) is 2.96. The van der Waals surface area contributed by atoms with Crippen molar-refractivity contribution in [3.8, 4) is 0 Å². The van der Waals surface area contributed by atoms with E-state index in [1.807, 2.05) is 13.0 Å². The lowest BCUT2D eigenvalue weighted by Crippen LogP contribution is -2.41. The lowest BCUT2D eigenvalue weighted by Gasteiger charge is -2.17. The Bertz CT molecular complexity index is 965. The molecule has 1 N–H and O–H groups in total. The van der Waals surface area contributed by atoms with Gasteiger partial charge in [-0.25, -0.2) is 4.98 Å². The lowest BCUT2D eigenvalue weighted by atomic mass is 9.98. The number of hydrogen-bond donors (Lipinski definition) is 1. The van der Waals surface area contributed by atoms with E-state index in [0.717, 1.165) is 11.5 Å². The minimum absolute atomic E-state index is 0.0353. The van der Waals surface area contributed by atoms with Gasteiger partial charge in [0.1, 0.15) is 11.4 Å². The van der Waals surface area contributed by atoms with Crippen LogP contribution in [0.4, 0.5) is 4.39 Å². The first-order valence-corrected chi connectivity index (χ1v) is 8.47. The molecule has 0 aromatic carbocycles. The first-order valence-electron chi connectivity index (χ1n) is 8.47. The van der Waals surface area contributed by atoms with Gasteiger partial charge in [0.05, 0.1) is 24.9 Å². The third-order valence-corrected chi connectivity index (χ3v) is 4.65. The van der Waals surface area contributed by atoms with E-state index < -0.39 is 11.9 Å². The summed E-state index contributed by atoms with van der Waals surface area (Å²) in [6.45, 7) is 4.49. The van der Waals surface area contributed by atoms with E-state index in [1.165, 1.54) is 4.40 Å². The quantitative estimate of drug-likeness (QED) is 0.772. The van der Waals surface area contributed by atoms with Crippen LogP contribution in [0.1, 0.15) is 27.6 Å². The van der Waals surface area contributed by atoms with E-state index in [4.69, 9.17) is 9.26 Å². The van der Waals surface area contributed by atoms with Crippen molar-refractivity contribution in [2.24, 2.45) is 5.92 Å². The Kier molecular flexibility index (Phi) is 4.20. The number of hydrogen-bond acceptors (Lipinski definition) is 5. The van der Waals surface area contributed by atoms with E-state index in [2.05, 4.69) is 15.5 Å². The maximum absolute atomic E-state index is 14.6. The van der Waals surface area contributed by atoms with Gasteiger partial charge in [-0.05, 0) is 26.0 Å². The average molecular weight is 358 g/mol. The van der Waals surface area contributed by atoms with E-state index in [0.29, 0.717) is 31.0 Å². The number of aryl methyl sites for hydroxylation is 2. The van der Waals surface area contributed by atoms with Crippen LogP contribution >= 0.6 is 0 Å². The zero-order chi connectivity index (χ0) is 18.3. The number of ether oxygens (including phenoxy) is 1. The van der Waals surface area contributed by atoms with Crippen molar-refractivity contribution in [3.05, 3.63) is 53.1 Å². The molecule has 2 atom stereocenters. The number of carbonyl (C=O) groups is 1. The van der Waals surface area contributed by atoms with Gasteiger partial charge in [0.15, 0.2) is 5.69 Å². The zero-order valence-corrected chi connectivity index (χ0v) is 14.5. The Morgan fingerprint density at radius 1 is 1.38 bits per heavy atom. The molecule has 1 saturated heterocycles. The molecule has 0 aliphatic carbocycles. The standard InChI is InChI=1S/C18H19FN4O3/c1-10-6-13(26-22-10)7-12-8-25-9-14(12)20-18(24)16-17(19)23-11(2)4-3-5-15(23)21-16/h3-6,12,14H,7-9H2,1-2H3,(H,20,24). The number of fused-ring (bicyclic) bond motifs is 1. The summed E-state index contributed by atoms with van der Waals surface area (Å²) >= 11 is 0. The summed E-state index contributed by atoms with van der Waals surface area (Å²) in [5.74, 6) is -0.420. The molecule has 1 fully saturated rings. The monoisotopic (exact) mass is 358 g/mol. The molecule has 1 amide bonds. The van der Waals surface area contributed by atoms with Crippen molar-refractivity contribution in [3.63, 3.8) is 0 Å². The number of carbonyl (C=O) groups excluding carboxylic acids is 1. The fourth-order valence-corrected chi connectivity index (χ4v) is 3.32. The topological polar surface area (TPSA) is 81.7 Å². The molecular weight excluding hydrogens is 339 g/mol. The van der Waals surface area contributed by atoms with Crippen LogP contribution in [0.5, 0.6) is 0 Å². The summed E-state index contributed by atoms with van der Waals surface area (Å²) < 4.78 is 26.7. The van der Waals surface area contributed by atoms with Crippen molar-refractivity contribution >= 4 is 11.6 Å². The third-order valence-electron chi connectivity index (χ3n) is 4.65. The fraction of sp³-hybridized carbons (Fsp3) is 0.389. The van der Waals surface area contributed by atoms with Crippen molar-refractivity contribution in [1.82, 2.24) is 19.9 Å². The van der Waals surface area contributed by atoms with Crippen molar-refractivity contribution in [1.29, 1.82) is 0 Å². The molecule has 8 heteroatoms. The molecule has 3 aromatic heterocycles. The van der Waals surface area contributed by atoms with Crippen LogP contribution in [-0.4, -0.2) is 39.7 Å². The molecule has 7 nitrogen and oxygen atoms in total. The molecule has 0 radical (unpaired) electrons. The molecule has 0 bridgehead atoms. The second kappa shape index (κ2) is 6.53. The summed E-state index contributed by atoms with van der Waals surface area (Å²) in [5, 5.41) is 6.72. The highest BCUT2D eigenvalue weighted by Gasteiger charge is 2.32. The molecule has 0 spiro atoms. The van der Waals surface area contributed by atoms with Crippen LogP contribution in [0.3, 0.4) is 0 Å². The summed E-state index contributed by atoms with van der Waals surface area (Å²) in [6.07, 6.45) is 0.596. The van der Waals surface area contributed by atoms with Crippen LogP contribution < -0.4 is 5.32 Å². The number of nitrogens with one attached hydrogen (secondary N) is 1. The SMILES string of the molecule is Cc1cc(CC2COCC2NC(=O)c2nc3cccc(C)n3c2F)on1. The Morgan fingerprint density at radius 3 is 2.96 bits per heavy atom. The first-order chi connectivity index (χ1) is 12.5. The van der Waals surface area contributed by atoms with Crippen LogP contribution in [0.2, 0.25) is 0 Å². The Morgan fingerprint density at radius 2 is 2.23 bits per heavy atom. The maximum atomic E-state index is 14.6. The Hall–Kier alpha value is -2.74. The summed E-state index contributed by atoms with van der Waals surface area (Å²) in [6, 6.07) is 6.83. The number of imidazole rings is 1. The highest BCUT2D eigenvalue weighted by atomic mass is 19.1. The van der Waals surface area contributed by atoms with Gasteiger partial charge in [0.2, 0.25) is 5.95 Å². The van der Waals surface area contributed by atoms with Gasteiger partial charge in [0, 0.05) is 24.1 Å². The van der Waals surface area contributed by atoms with Gasteiger partial charge >= 0.3 is 0 Å². The predicted octanol–water partition coefficient (Wildman–Crippen LogP) is 2.07. The van der Waals surface area contributed by atoms with E-state index in [-0.39, 0.29) is 17.7 Å². The highest BCUT2D eigenvalue weighted by molar-refractivity contribution is 5.93. The molecule has 1 aliphatic heterocycles.